The number of ether oxygens (including phenoxy) is 3. The Hall–Kier alpha value is -2.69. The number of carbonyl (C=O) groups is 3. The van der Waals surface area contributed by atoms with E-state index in [2.05, 4.69) is 15.9 Å². The minimum Gasteiger partial charge on any atom is -0.493 e. The van der Waals surface area contributed by atoms with E-state index in [0.29, 0.717) is 28.5 Å². The molecule has 2 atom stereocenters. The molecule has 1 saturated heterocycles. The lowest BCUT2D eigenvalue weighted by Crippen LogP contribution is -2.67. The molecular weight excluding hydrogens is 670 g/mol. The number of rotatable bonds is 6. The molecule has 0 bridgehead atoms. The van der Waals surface area contributed by atoms with Gasteiger partial charge in [0.25, 0.3) is 17.7 Å². The van der Waals surface area contributed by atoms with Gasteiger partial charge < -0.3 is 19.1 Å². The number of β-lactam (4-membered cyclic amide) rings is 1. The molecule has 208 valence electrons. The van der Waals surface area contributed by atoms with Crippen molar-refractivity contribution in [2.45, 2.75) is 19.0 Å². The number of hydrogen-bond acceptors (Lipinski definition) is 6. The molecule has 3 aromatic rings. The van der Waals surface area contributed by atoms with Gasteiger partial charge in [-0.1, -0.05) is 62.3 Å². The first-order chi connectivity index (χ1) is 19.0. The summed E-state index contributed by atoms with van der Waals surface area (Å²) < 4.78 is 17.4. The van der Waals surface area contributed by atoms with E-state index in [4.69, 9.17) is 60.6 Å². The van der Waals surface area contributed by atoms with Crippen molar-refractivity contribution in [2.24, 2.45) is 0 Å². The second-order valence-electron chi connectivity index (χ2n) is 8.98. The standard InChI is InChI=1S/C27H19BrCl4N2O6/c1-10-7-12(5-6-13(10)28)33-22(11-8-14(38-2)24(40-4)15(9-11)39-3)23(27(33)37)34-25(35)16-17(26(34)36)19(30)21(32)20(31)18(16)29/h5-9,22-23H,1-4H3/t22-,23-/m1/s1. The van der Waals surface area contributed by atoms with Crippen LogP contribution < -0.4 is 19.1 Å². The number of nitrogens with zero attached hydrogens (tertiary/aromatic N) is 2. The molecule has 2 aliphatic rings. The van der Waals surface area contributed by atoms with E-state index >= 15 is 0 Å². The van der Waals surface area contributed by atoms with E-state index in [9.17, 15) is 14.4 Å². The molecule has 0 aliphatic carbocycles. The molecule has 2 heterocycles. The summed E-state index contributed by atoms with van der Waals surface area (Å²) >= 11 is 28.5. The number of carbonyl (C=O) groups excluding carboxylic acids is 3. The van der Waals surface area contributed by atoms with Crippen molar-refractivity contribution in [2.75, 3.05) is 26.2 Å². The highest BCUT2D eigenvalue weighted by Gasteiger charge is 2.58. The molecule has 3 amide bonds. The molecule has 0 aromatic heterocycles. The van der Waals surface area contributed by atoms with Crippen LogP contribution in [0.3, 0.4) is 0 Å². The first-order valence-corrected chi connectivity index (χ1v) is 13.9. The number of fused-ring (bicyclic) bond motifs is 1. The number of anilines is 1. The molecule has 2 aliphatic heterocycles. The van der Waals surface area contributed by atoms with Crippen LogP contribution in [0.2, 0.25) is 20.1 Å². The third-order valence-electron chi connectivity index (χ3n) is 6.93. The summed E-state index contributed by atoms with van der Waals surface area (Å²) in [5.41, 5.74) is 1.53. The molecular formula is C27H19BrCl4N2O6. The largest absolute Gasteiger partial charge is 0.493 e. The van der Waals surface area contributed by atoms with E-state index < -0.39 is 29.8 Å². The van der Waals surface area contributed by atoms with Crippen molar-refractivity contribution in [1.82, 2.24) is 4.90 Å². The minimum atomic E-state index is -1.26. The Kier molecular flexibility index (Phi) is 7.65. The Balaban J connectivity index is 1.70. The van der Waals surface area contributed by atoms with Crippen molar-refractivity contribution in [3.05, 3.63) is 77.1 Å². The maximum absolute atomic E-state index is 13.9. The van der Waals surface area contributed by atoms with Crippen LogP contribution in [0.4, 0.5) is 5.69 Å². The van der Waals surface area contributed by atoms with Gasteiger partial charge in [0.1, 0.15) is 6.04 Å². The van der Waals surface area contributed by atoms with Crippen LogP contribution in [0.25, 0.3) is 0 Å². The number of aryl methyl sites for hydroxylation is 1. The van der Waals surface area contributed by atoms with Gasteiger partial charge in [0.15, 0.2) is 11.5 Å². The highest BCUT2D eigenvalue weighted by Crippen LogP contribution is 2.51. The lowest BCUT2D eigenvalue weighted by Gasteiger charge is -2.50. The molecule has 0 spiro atoms. The topological polar surface area (TPSA) is 85.4 Å². The Labute approximate surface area is 257 Å². The SMILES string of the molecule is COc1cc([C@@H]2[C@@H](N3C(=O)c4c(Cl)c(Cl)c(Cl)c(Cl)c4C3=O)C(=O)N2c2ccc(Br)c(C)c2)cc(OC)c1OC. The molecule has 3 aromatic carbocycles. The number of halogens is 5. The molecule has 0 N–H and O–H groups in total. The second kappa shape index (κ2) is 10.6. The van der Waals surface area contributed by atoms with Gasteiger partial charge >= 0.3 is 0 Å². The number of amides is 3. The third-order valence-corrected chi connectivity index (χ3v) is 9.62. The highest BCUT2D eigenvalue weighted by molar-refractivity contribution is 9.10. The average molecular weight is 689 g/mol. The second-order valence-corrected chi connectivity index (χ2v) is 11.3. The van der Waals surface area contributed by atoms with Gasteiger partial charge in [-0.2, -0.15) is 0 Å². The summed E-state index contributed by atoms with van der Waals surface area (Å²) in [6.45, 7) is 1.88. The van der Waals surface area contributed by atoms with Gasteiger partial charge in [0, 0.05) is 10.2 Å². The summed E-state index contributed by atoms with van der Waals surface area (Å²) in [6.07, 6.45) is 0. The van der Waals surface area contributed by atoms with Crippen molar-refractivity contribution in [3.63, 3.8) is 0 Å². The average Bonchev–Trinajstić information content (AvgIpc) is 3.19. The zero-order chi connectivity index (χ0) is 29.2. The van der Waals surface area contributed by atoms with Crippen molar-refractivity contribution < 1.29 is 28.6 Å². The molecule has 40 heavy (non-hydrogen) atoms. The third kappa shape index (κ3) is 4.13. The Morgan fingerprint density at radius 2 is 1.25 bits per heavy atom. The van der Waals surface area contributed by atoms with E-state index in [-0.39, 0.29) is 31.2 Å². The zero-order valence-electron chi connectivity index (χ0n) is 21.3. The van der Waals surface area contributed by atoms with Crippen LogP contribution in [-0.4, -0.2) is 50.0 Å². The Morgan fingerprint density at radius 3 is 1.70 bits per heavy atom. The lowest BCUT2D eigenvalue weighted by molar-refractivity contribution is -0.130. The van der Waals surface area contributed by atoms with Crippen molar-refractivity contribution >= 4 is 85.7 Å². The predicted molar refractivity (Wildman–Crippen MR) is 156 cm³/mol. The molecule has 1 fully saturated rings. The normalized spacial score (nSPS) is 18.2. The predicted octanol–water partition coefficient (Wildman–Crippen LogP) is 7.15. The first kappa shape index (κ1) is 28.8. The molecule has 0 saturated carbocycles. The number of imide groups is 1. The van der Waals surface area contributed by atoms with Crippen LogP contribution in [-0.2, 0) is 4.79 Å². The van der Waals surface area contributed by atoms with Gasteiger partial charge in [-0.3, -0.25) is 19.3 Å². The molecule has 5 rings (SSSR count). The van der Waals surface area contributed by atoms with E-state index in [1.54, 1.807) is 18.2 Å². The van der Waals surface area contributed by atoms with E-state index in [1.807, 2.05) is 19.1 Å². The summed E-state index contributed by atoms with van der Waals surface area (Å²) in [5, 5.41) is -0.766. The van der Waals surface area contributed by atoms with E-state index in [0.717, 1.165) is 14.9 Å². The molecule has 0 radical (unpaired) electrons. The highest BCUT2D eigenvalue weighted by atomic mass is 79.9. The monoisotopic (exact) mass is 686 g/mol. The van der Waals surface area contributed by atoms with Crippen LogP contribution in [0.5, 0.6) is 17.2 Å². The smallest absolute Gasteiger partial charge is 0.264 e. The Morgan fingerprint density at radius 1 is 0.725 bits per heavy atom. The van der Waals surface area contributed by atoms with Gasteiger partial charge in [0.05, 0.1) is 58.6 Å². The Bertz CT molecular complexity index is 1560. The van der Waals surface area contributed by atoms with E-state index in [1.165, 1.54) is 26.2 Å². The van der Waals surface area contributed by atoms with Gasteiger partial charge in [-0.25, -0.2) is 0 Å². The fourth-order valence-electron chi connectivity index (χ4n) is 5.01. The van der Waals surface area contributed by atoms with Crippen LogP contribution in [0.1, 0.15) is 37.9 Å². The molecule has 8 nitrogen and oxygen atoms in total. The summed E-state index contributed by atoms with van der Waals surface area (Å²) in [5.74, 6) is -1.13. The lowest BCUT2D eigenvalue weighted by atomic mass is 9.85. The quantitative estimate of drug-likeness (QED) is 0.118. The summed E-state index contributed by atoms with van der Waals surface area (Å²) in [6, 6.07) is 6.61. The maximum atomic E-state index is 13.9. The molecule has 0 unspecified atom stereocenters. The zero-order valence-corrected chi connectivity index (χ0v) is 25.9. The van der Waals surface area contributed by atoms with Gasteiger partial charge in [-0.05, 0) is 48.4 Å². The van der Waals surface area contributed by atoms with Crippen LogP contribution in [0.15, 0.2) is 34.8 Å². The maximum Gasteiger partial charge on any atom is 0.264 e. The van der Waals surface area contributed by atoms with Gasteiger partial charge in [-0.15, -0.1) is 0 Å². The van der Waals surface area contributed by atoms with Crippen molar-refractivity contribution in [3.8, 4) is 17.2 Å². The number of benzene rings is 3. The molecule has 13 heteroatoms. The van der Waals surface area contributed by atoms with Crippen LogP contribution >= 0.6 is 62.3 Å². The summed E-state index contributed by atoms with van der Waals surface area (Å²) in [7, 11) is 4.39. The number of hydrogen-bond donors (Lipinski definition) is 0. The van der Waals surface area contributed by atoms with Crippen molar-refractivity contribution in [1.29, 1.82) is 0 Å². The fraction of sp³-hybridized carbons (Fsp3) is 0.222. The number of methoxy groups -OCH3 is 3. The minimum absolute atomic E-state index is 0.164. The van der Waals surface area contributed by atoms with Crippen LogP contribution in [0, 0.1) is 6.92 Å². The fourth-order valence-corrected chi connectivity index (χ4v) is 6.28. The first-order valence-electron chi connectivity index (χ1n) is 11.6. The summed E-state index contributed by atoms with van der Waals surface area (Å²) in [4.78, 5) is 43.6. The van der Waals surface area contributed by atoms with Gasteiger partial charge in [0.2, 0.25) is 5.75 Å².